The van der Waals surface area contributed by atoms with Gasteiger partial charge in [-0.3, -0.25) is 0 Å². The lowest BCUT2D eigenvalue weighted by Gasteiger charge is -2.23. The van der Waals surface area contributed by atoms with Crippen molar-refractivity contribution in [3.63, 3.8) is 0 Å². The molecule has 3 heteroatoms. The molecule has 1 aliphatic rings. The van der Waals surface area contributed by atoms with Gasteiger partial charge in [-0.15, -0.1) is 0 Å². The van der Waals surface area contributed by atoms with E-state index < -0.39 is 0 Å². The van der Waals surface area contributed by atoms with E-state index in [-0.39, 0.29) is 0 Å². The number of hydrogen-bond acceptors (Lipinski definition) is 3. The van der Waals surface area contributed by atoms with Crippen LogP contribution in [0.15, 0.2) is 36.5 Å². The lowest BCUT2D eigenvalue weighted by Crippen LogP contribution is -2.28. The SMILES string of the molecule is Cc1ccc(C2CC(C)N(c3ccnc(C(C)C)n3)C2)cc1. The Morgan fingerprint density at radius 1 is 1.14 bits per heavy atom. The highest BCUT2D eigenvalue weighted by molar-refractivity contribution is 5.43. The smallest absolute Gasteiger partial charge is 0.133 e. The molecule has 0 radical (unpaired) electrons. The van der Waals surface area contributed by atoms with Crippen LogP contribution in [-0.4, -0.2) is 22.6 Å². The third-order valence-corrected chi connectivity index (χ3v) is 4.59. The Morgan fingerprint density at radius 3 is 2.55 bits per heavy atom. The molecule has 3 nitrogen and oxygen atoms in total. The first kappa shape index (κ1) is 15.0. The molecule has 0 amide bonds. The normalized spacial score (nSPS) is 21.6. The van der Waals surface area contributed by atoms with Crippen LogP contribution in [0.4, 0.5) is 5.82 Å². The standard InChI is InChI=1S/C19H25N3/c1-13(2)19-20-10-9-18(21-19)22-12-17(11-15(22)4)16-7-5-14(3)6-8-16/h5-10,13,15,17H,11-12H2,1-4H3. The number of anilines is 1. The lowest BCUT2D eigenvalue weighted by atomic mass is 9.96. The lowest BCUT2D eigenvalue weighted by molar-refractivity contribution is 0.691. The van der Waals surface area contributed by atoms with E-state index in [2.05, 4.69) is 61.8 Å². The number of benzene rings is 1. The average molecular weight is 295 g/mol. The fraction of sp³-hybridized carbons (Fsp3) is 0.474. The van der Waals surface area contributed by atoms with Gasteiger partial charge in [0, 0.05) is 30.6 Å². The van der Waals surface area contributed by atoms with E-state index in [0.717, 1.165) is 18.2 Å². The summed E-state index contributed by atoms with van der Waals surface area (Å²) in [4.78, 5) is 11.6. The van der Waals surface area contributed by atoms with E-state index in [1.807, 2.05) is 12.3 Å². The second-order valence-corrected chi connectivity index (χ2v) is 6.77. The van der Waals surface area contributed by atoms with Gasteiger partial charge in [0.15, 0.2) is 0 Å². The molecule has 1 aliphatic heterocycles. The Morgan fingerprint density at radius 2 is 1.86 bits per heavy atom. The first-order valence-electron chi connectivity index (χ1n) is 8.20. The van der Waals surface area contributed by atoms with Crippen molar-refractivity contribution in [2.45, 2.75) is 52.0 Å². The van der Waals surface area contributed by atoms with Gasteiger partial charge in [-0.25, -0.2) is 9.97 Å². The van der Waals surface area contributed by atoms with Crippen molar-refractivity contribution in [1.29, 1.82) is 0 Å². The number of nitrogens with zero attached hydrogens (tertiary/aromatic N) is 3. The predicted molar refractivity (Wildman–Crippen MR) is 91.5 cm³/mol. The van der Waals surface area contributed by atoms with Crippen LogP contribution in [0.25, 0.3) is 0 Å². The zero-order valence-electron chi connectivity index (χ0n) is 14.0. The Kier molecular flexibility index (Phi) is 4.14. The van der Waals surface area contributed by atoms with Gasteiger partial charge in [0.25, 0.3) is 0 Å². The van der Waals surface area contributed by atoms with E-state index in [4.69, 9.17) is 4.98 Å². The maximum atomic E-state index is 4.76. The van der Waals surface area contributed by atoms with Crippen molar-refractivity contribution in [1.82, 2.24) is 9.97 Å². The second kappa shape index (κ2) is 6.07. The largest absolute Gasteiger partial charge is 0.353 e. The van der Waals surface area contributed by atoms with E-state index >= 15 is 0 Å². The summed E-state index contributed by atoms with van der Waals surface area (Å²) in [6.07, 6.45) is 3.08. The molecule has 2 atom stereocenters. The molecule has 1 fully saturated rings. The summed E-state index contributed by atoms with van der Waals surface area (Å²) < 4.78 is 0. The minimum absolute atomic E-state index is 0.366. The Balaban J connectivity index is 1.81. The first-order valence-corrected chi connectivity index (χ1v) is 8.20. The molecule has 2 heterocycles. The number of rotatable bonds is 3. The van der Waals surface area contributed by atoms with Gasteiger partial charge >= 0.3 is 0 Å². The molecule has 2 aromatic rings. The summed E-state index contributed by atoms with van der Waals surface area (Å²) in [7, 11) is 0. The highest BCUT2D eigenvalue weighted by Gasteiger charge is 2.31. The van der Waals surface area contributed by atoms with E-state index in [0.29, 0.717) is 17.9 Å². The van der Waals surface area contributed by atoms with Crippen molar-refractivity contribution >= 4 is 5.82 Å². The predicted octanol–water partition coefficient (Wildman–Crippen LogP) is 4.29. The molecule has 0 spiro atoms. The van der Waals surface area contributed by atoms with Crippen LogP contribution in [-0.2, 0) is 0 Å². The van der Waals surface area contributed by atoms with Crippen LogP contribution >= 0.6 is 0 Å². The maximum absolute atomic E-state index is 4.76. The quantitative estimate of drug-likeness (QED) is 0.846. The van der Waals surface area contributed by atoms with E-state index in [1.165, 1.54) is 17.5 Å². The zero-order chi connectivity index (χ0) is 15.7. The van der Waals surface area contributed by atoms with Crippen molar-refractivity contribution in [2.75, 3.05) is 11.4 Å². The van der Waals surface area contributed by atoms with Crippen molar-refractivity contribution < 1.29 is 0 Å². The van der Waals surface area contributed by atoms with Crippen LogP contribution < -0.4 is 4.90 Å². The molecule has 2 unspecified atom stereocenters. The first-order chi connectivity index (χ1) is 10.5. The van der Waals surface area contributed by atoms with Gasteiger partial charge < -0.3 is 4.90 Å². The minimum atomic E-state index is 0.366. The Bertz CT molecular complexity index is 633. The van der Waals surface area contributed by atoms with E-state index in [1.54, 1.807) is 0 Å². The van der Waals surface area contributed by atoms with Gasteiger partial charge in [0.1, 0.15) is 11.6 Å². The van der Waals surface area contributed by atoms with E-state index in [9.17, 15) is 0 Å². The highest BCUT2D eigenvalue weighted by Crippen LogP contribution is 2.34. The summed E-state index contributed by atoms with van der Waals surface area (Å²) in [6.45, 7) is 9.76. The molecular formula is C19H25N3. The van der Waals surface area contributed by atoms with Crippen LogP contribution in [0, 0.1) is 6.92 Å². The van der Waals surface area contributed by atoms with Gasteiger partial charge in [-0.2, -0.15) is 0 Å². The molecule has 0 aliphatic carbocycles. The topological polar surface area (TPSA) is 29.0 Å². The summed E-state index contributed by atoms with van der Waals surface area (Å²) in [5, 5.41) is 0. The van der Waals surface area contributed by atoms with Gasteiger partial charge in [0.05, 0.1) is 0 Å². The Labute approximate surface area is 133 Å². The summed E-state index contributed by atoms with van der Waals surface area (Å²) >= 11 is 0. The number of aromatic nitrogens is 2. The fourth-order valence-corrected chi connectivity index (χ4v) is 3.23. The molecule has 1 saturated heterocycles. The number of aryl methyl sites for hydroxylation is 1. The van der Waals surface area contributed by atoms with Gasteiger partial charge in [0.2, 0.25) is 0 Å². The molecule has 0 saturated carbocycles. The van der Waals surface area contributed by atoms with Crippen molar-refractivity contribution in [3.05, 3.63) is 53.5 Å². The molecule has 1 aromatic heterocycles. The highest BCUT2D eigenvalue weighted by atomic mass is 15.2. The third-order valence-electron chi connectivity index (χ3n) is 4.59. The van der Waals surface area contributed by atoms with Gasteiger partial charge in [-0.1, -0.05) is 43.7 Å². The molecule has 22 heavy (non-hydrogen) atoms. The molecule has 1 aromatic carbocycles. The maximum Gasteiger partial charge on any atom is 0.133 e. The second-order valence-electron chi connectivity index (χ2n) is 6.77. The summed E-state index contributed by atoms with van der Waals surface area (Å²) in [6, 6.07) is 11.5. The molecule has 116 valence electrons. The minimum Gasteiger partial charge on any atom is -0.353 e. The molecule has 0 bridgehead atoms. The van der Waals surface area contributed by atoms with Crippen LogP contribution in [0.1, 0.15) is 56.0 Å². The van der Waals surface area contributed by atoms with Crippen LogP contribution in [0.2, 0.25) is 0 Å². The zero-order valence-corrected chi connectivity index (χ0v) is 14.0. The molecule has 3 rings (SSSR count). The monoisotopic (exact) mass is 295 g/mol. The molecular weight excluding hydrogens is 270 g/mol. The fourth-order valence-electron chi connectivity index (χ4n) is 3.23. The summed E-state index contributed by atoms with van der Waals surface area (Å²) in [5.74, 6) is 2.96. The third kappa shape index (κ3) is 2.99. The van der Waals surface area contributed by atoms with Crippen molar-refractivity contribution in [2.24, 2.45) is 0 Å². The average Bonchev–Trinajstić information content (AvgIpc) is 2.90. The van der Waals surface area contributed by atoms with Gasteiger partial charge in [-0.05, 0) is 31.9 Å². The summed E-state index contributed by atoms with van der Waals surface area (Å²) in [5.41, 5.74) is 2.77. The van der Waals surface area contributed by atoms with Crippen molar-refractivity contribution in [3.8, 4) is 0 Å². The Hall–Kier alpha value is -1.90. The number of hydrogen-bond donors (Lipinski definition) is 0. The molecule has 0 N–H and O–H groups in total. The van der Waals surface area contributed by atoms with Crippen LogP contribution in [0.3, 0.4) is 0 Å². The van der Waals surface area contributed by atoms with Crippen LogP contribution in [0.5, 0.6) is 0 Å².